The maximum Gasteiger partial charge on any atom is 0.188 e. The zero-order valence-electron chi connectivity index (χ0n) is 14.6. The summed E-state index contributed by atoms with van der Waals surface area (Å²) in [5, 5.41) is 7.56. The number of nitrogens with two attached hydrogens (primary N) is 1. The molecule has 2 heterocycles. The molecule has 2 rings (SSSR count). The molecule has 0 aliphatic carbocycles. The van der Waals surface area contributed by atoms with E-state index < -0.39 is 0 Å². The van der Waals surface area contributed by atoms with Gasteiger partial charge in [-0.05, 0) is 44.4 Å². The lowest BCUT2D eigenvalue weighted by Gasteiger charge is -2.05. The Morgan fingerprint density at radius 3 is 2.71 bits per heavy atom. The normalized spacial score (nSPS) is 11.2. The van der Waals surface area contributed by atoms with Crippen LogP contribution in [0.1, 0.15) is 29.1 Å². The van der Waals surface area contributed by atoms with E-state index >= 15 is 0 Å². The van der Waals surface area contributed by atoms with Crippen LogP contribution in [-0.4, -0.2) is 33.8 Å². The van der Waals surface area contributed by atoms with Gasteiger partial charge in [0.25, 0.3) is 0 Å². The molecule has 2 aromatic rings. The summed E-state index contributed by atoms with van der Waals surface area (Å²) in [7, 11) is 1.98. The highest BCUT2D eigenvalue weighted by molar-refractivity contribution is 14.0. The van der Waals surface area contributed by atoms with Crippen LogP contribution in [0.25, 0.3) is 0 Å². The minimum absolute atomic E-state index is 0. The van der Waals surface area contributed by atoms with Crippen molar-refractivity contribution in [1.29, 1.82) is 0 Å². The summed E-state index contributed by atoms with van der Waals surface area (Å²) >= 11 is 0. The van der Waals surface area contributed by atoms with Crippen molar-refractivity contribution in [3.63, 3.8) is 0 Å². The van der Waals surface area contributed by atoms with Gasteiger partial charge in [-0.25, -0.2) is 0 Å². The smallest absolute Gasteiger partial charge is 0.188 e. The molecule has 0 aromatic carbocycles. The second kappa shape index (κ2) is 10.3. The molecule has 0 aliphatic heterocycles. The first-order chi connectivity index (χ1) is 11.1. The molecule has 132 valence electrons. The number of hydrogen-bond acceptors (Lipinski definition) is 3. The van der Waals surface area contributed by atoms with Gasteiger partial charge in [-0.3, -0.25) is 14.7 Å². The Labute approximate surface area is 161 Å². The molecular weight excluding hydrogens is 415 g/mol. The van der Waals surface area contributed by atoms with Crippen molar-refractivity contribution in [2.75, 3.05) is 13.1 Å². The number of rotatable bonds is 7. The molecule has 0 saturated carbocycles. The average molecular weight is 442 g/mol. The molecule has 0 atom stereocenters. The number of nitrogens with one attached hydrogen (secondary N) is 1. The molecule has 0 fully saturated rings. The molecule has 0 spiro atoms. The van der Waals surface area contributed by atoms with E-state index in [1.165, 1.54) is 11.3 Å². The zero-order chi connectivity index (χ0) is 16.7. The predicted octanol–water partition coefficient (Wildman–Crippen LogP) is 2.13. The van der Waals surface area contributed by atoms with Crippen LogP contribution in [0.15, 0.2) is 29.4 Å². The van der Waals surface area contributed by atoms with Gasteiger partial charge < -0.3 is 11.1 Å². The Kier molecular flexibility index (Phi) is 8.73. The van der Waals surface area contributed by atoms with Crippen LogP contribution in [0.3, 0.4) is 0 Å². The van der Waals surface area contributed by atoms with E-state index in [1.54, 1.807) is 6.20 Å². The minimum atomic E-state index is 0. The summed E-state index contributed by atoms with van der Waals surface area (Å²) in [5.41, 5.74) is 10.6. The second-order valence-electron chi connectivity index (χ2n) is 5.64. The Bertz CT molecular complexity index is 651. The van der Waals surface area contributed by atoms with Crippen LogP contribution >= 0.6 is 24.0 Å². The van der Waals surface area contributed by atoms with E-state index in [0.29, 0.717) is 5.96 Å². The summed E-state index contributed by atoms with van der Waals surface area (Å²) in [5.74, 6) is 0.501. The monoisotopic (exact) mass is 442 g/mol. The maximum atomic E-state index is 5.88. The quantitative estimate of drug-likeness (QED) is 0.298. The number of halogens is 1. The van der Waals surface area contributed by atoms with Gasteiger partial charge >= 0.3 is 0 Å². The van der Waals surface area contributed by atoms with Crippen molar-refractivity contribution >= 4 is 29.9 Å². The first-order valence-electron chi connectivity index (χ1n) is 8.00. The fourth-order valence-electron chi connectivity index (χ4n) is 2.56. The lowest BCUT2D eigenvalue weighted by molar-refractivity contribution is 0.728. The van der Waals surface area contributed by atoms with Crippen molar-refractivity contribution in [3.05, 3.63) is 47.0 Å². The first kappa shape index (κ1) is 20.4. The van der Waals surface area contributed by atoms with Crippen molar-refractivity contribution in [2.24, 2.45) is 17.8 Å². The van der Waals surface area contributed by atoms with E-state index in [-0.39, 0.29) is 24.0 Å². The van der Waals surface area contributed by atoms with Gasteiger partial charge in [0.15, 0.2) is 5.96 Å². The minimum Gasteiger partial charge on any atom is -0.370 e. The molecule has 0 saturated heterocycles. The zero-order valence-corrected chi connectivity index (χ0v) is 16.9. The molecule has 7 heteroatoms. The molecule has 6 nitrogen and oxygen atoms in total. The Hall–Kier alpha value is -1.64. The van der Waals surface area contributed by atoms with Gasteiger partial charge in [0, 0.05) is 44.1 Å². The molecule has 24 heavy (non-hydrogen) atoms. The third-order valence-corrected chi connectivity index (χ3v) is 3.94. The number of pyridine rings is 1. The van der Waals surface area contributed by atoms with Gasteiger partial charge in [-0.1, -0.05) is 6.07 Å². The average Bonchev–Trinajstić information content (AvgIpc) is 2.78. The van der Waals surface area contributed by atoms with E-state index in [0.717, 1.165) is 43.7 Å². The number of hydrogen-bond donors (Lipinski definition) is 2. The first-order valence-corrected chi connectivity index (χ1v) is 8.00. The van der Waals surface area contributed by atoms with E-state index in [4.69, 9.17) is 5.73 Å². The highest BCUT2D eigenvalue weighted by atomic mass is 127. The Morgan fingerprint density at radius 2 is 2.08 bits per heavy atom. The highest BCUT2D eigenvalue weighted by Gasteiger charge is 2.08. The van der Waals surface area contributed by atoms with E-state index in [9.17, 15) is 0 Å². The summed E-state index contributed by atoms with van der Waals surface area (Å²) < 4.78 is 1.93. The fourth-order valence-corrected chi connectivity index (χ4v) is 2.56. The number of aromatic nitrogens is 3. The Balaban J connectivity index is 0.00000288. The van der Waals surface area contributed by atoms with Crippen LogP contribution < -0.4 is 11.1 Å². The predicted molar refractivity (Wildman–Crippen MR) is 109 cm³/mol. The molecule has 0 unspecified atom stereocenters. The molecule has 0 aliphatic rings. The summed E-state index contributed by atoms with van der Waals surface area (Å²) in [4.78, 5) is 8.65. The van der Waals surface area contributed by atoms with Gasteiger partial charge in [0.2, 0.25) is 0 Å². The van der Waals surface area contributed by atoms with E-state index in [2.05, 4.69) is 34.2 Å². The van der Waals surface area contributed by atoms with Crippen molar-refractivity contribution in [3.8, 4) is 0 Å². The van der Waals surface area contributed by atoms with Crippen LogP contribution in [-0.2, 0) is 19.9 Å². The number of aryl methyl sites for hydroxylation is 2. The summed E-state index contributed by atoms with van der Waals surface area (Å²) in [6.45, 7) is 5.62. The molecule has 2 aromatic heterocycles. The standard InChI is InChI=1S/C17H26N6.HI/c1-13-16(14(2)23(3)22-13)8-6-11-20-17(18)21-12-9-15-7-4-5-10-19-15;/h4-5,7,10H,6,8-9,11-12H2,1-3H3,(H3,18,20,21);1H. The topological polar surface area (TPSA) is 81.1 Å². The lowest BCUT2D eigenvalue weighted by Crippen LogP contribution is -2.33. The third-order valence-electron chi connectivity index (χ3n) is 3.94. The summed E-state index contributed by atoms with van der Waals surface area (Å²) in [6.07, 6.45) is 4.59. The van der Waals surface area contributed by atoms with Crippen LogP contribution in [0.2, 0.25) is 0 Å². The number of guanidine groups is 1. The fraction of sp³-hybridized carbons (Fsp3) is 0.471. The van der Waals surface area contributed by atoms with Gasteiger partial charge in [-0.15, -0.1) is 24.0 Å². The molecular formula is C17H27IN6. The molecule has 0 amide bonds. The maximum absolute atomic E-state index is 5.88. The highest BCUT2D eigenvalue weighted by Crippen LogP contribution is 2.13. The van der Waals surface area contributed by atoms with Gasteiger partial charge in [0.1, 0.15) is 0 Å². The number of aliphatic imine (C=N–C) groups is 1. The van der Waals surface area contributed by atoms with Crippen molar-refractivity contribution in [1.82, 2.24) is 20.1 Å². The summed E-state index contributed by atoms with van der Waals surface area (Å²) in [6, 6.07) is 5.91. The molecule has 0 radical (unpaired) electrons. The van der Waals surface area contributed by atoms with Crippen molar-refractivity contribution in [2.45, 2.75) is 33.1 Å². The van der Waals surface area contributed by atoms with Gasteiger partial charge in [0.05, 0.1) is 5.69 Å². The largest absolute Gasteiger partial charge is 0.370 e. The Morgan fingerprint density at radius 1 is 1.29 bits per heavy atom. The number of nitrogens with zero attached hydrogens (tertiary/aromatic N) is 4. The SMILES string of the molecule is Cc1nn(C)c(C)c1CCCN=C(N)NCCc1ccccn1.I. The van der Waals surface area contributed by atoms with Crippen LogP contribution in [0, 0.1) is 13.8 Å². The van der Waals surface area contributed by atoms with Crippen molar-refractivity contribution < 1.29 is 0 Å². The van der Waals surface area contributed by atoms with Crippen LogP contribution in [0.4, 0.5) is 0 Å². The van der Waals surface area contributed by atoms with E-state index in [1.807, 2.05) is 29.9 Å². The third kappa shape index (κ3) is 6.10. The van der Waals surface area contributed by atoms with Gasteiger partial charge in [-0.2, -0.15) is 5.10 Å². The molecule has 3 N–H and O–H groups in total. The second-order valence-corrected chi connectivity index (χ2v) is 5.64. The van der Waals surface area contributed by atoms with Crippen LogP contribution in [0.5, 0.6) is 0 Å². The molecule has 0 bridgehead atoms. The lowest BCUT2D eigenvalue weighted by atomic mass is 10.1.